The van der Waals surface area contributed by atoms with Crippen LogP contribution in [0.5, 0.6) is 0 Å². The van der Waals surface area contributed by atoms with Gasteiger partial charge in [-0.25, -0.2) is 8.78 Å². The number of hydrogen-bond donors (Lipinski definition) is 0. The van der Waals surface area contributed by atoms with Crippen LogP contribution in [0, 0.1) is 0 Å². The Hall–Kier alpha value is -1.15. The minimum Gasteiger partial charge on any atom is -0.370 e. The summed E-state index contributed by atoms with van der Waals surface area (Å²) in [4.78, 5) is 1.98. The van der Waals surface area contributed by atoms with Gasteiger partial charge in [-0.1, -0.05) is 0 Å². The molecule has 0 saturated heterocycles. The van der Waals surface area contributed by atoms with E-state index in [1.54, 1.807) is 0 Å². The van der Waals surface area contributed by atoms with Crippen molar-refractivity contribution in [3.8, 4) is 0 Å². The summed E-state index contributed by atoms with van der Waals surface area (Å²) in [7, 11) is 1.89. The molecule has 0 spiro atoms. The lowest BCUT2D eigenvalue weighted by molar-refractivity contribution is -0.0494. The highest BCUT2D eigenvalue weighted by atomic mass is 19.3. The largest absolute Gasteiger partial charge is 0.370 e. The highest BCUT2D eigenvalue weighted by Gasteiger charge is 2.43. The van der Waals surface area contributed by atoms with Crippen molar-refractivity contribution in [1.29, 1.82) is 0 Å². The Kier molecular flexibility index (Phi) is 4.15. The molecule has 124 valence electrons. The molecule has 2 aliphatic rings. The van der Waals surface area contributed by atoms with Crippen LogP contribution in [0.3, 0.4) is 0 Å². The maximum absolute atomic E-state index is 14.5. The van der Waals surface area contributed by atoms with Crippen LogP contribution in [-0.4, -0.2) is 47.4 Å². The lowest BCUT2D eigenvalue weighted by Crippen LogP contribution is -2.28. The zero-order valence-electron chi connectivity index (χ0n) is 12.4. The zero-order valence-corrected chi connectivity index (χ0v) is 12.4. The first-order chi connectivity index (χ1) is 10.4. The van der Waals surface area contributed by atoms with Crippen LogP contribution < -0.4 is 0 Å². The van der Waals surface area contributed by atoms with Crippen molar-refractivity contribution in [2.24, 2.45) is 0 Å². The summed E-state index contributed by atoms with van der Waals surface area (Å²) in [5.41, 5.74) is 1.23. The second kappa shape index (κ2) is 5.81. The summed E-state index contributed by atoms with van der Waals surface area (Å²) in [5.74, 6) is -3.00. The van der Waals surface area contributed by atoms with Gasteiger partial charge in [-0.3, -0.25) is 4.68 Å². The molecule has 1 atom stereocenters. The number of ether oxygens (including phenoxy) is 1. The second-order valence-corrected chi connectivity index (χ2v) is 6.03. The van der Waals surface area contributed by atoms with Crippen molar-refractivity contribution < 1.29 is 22.3 Å². The van der Waals surface area contributed by atoms with Crippen LogP contribution in [0.15, 0.2) is 0 Å². The number of likely N-dealkylation sites (N-methyl/N-ethyl adjacent to an activating group) is 1. The SMILES string of the molecule is CN1CCc2nn3c(c2C1)C(F)(F)CC[C@H](OCC(F)F)C3. The molecule has 4 nitrogen and oxygen atoms in total. The Balaban J connectivity index is 1.89. The number of aromatic nitrogens is 2. The van der Waals surface area contributed by atoms with Crippen molar-refractivity contribution in [1.82, 2.24) is 14.7 Å². The van der Waals surface area contributed by atoms with Crippen molar-refractivity contribution in [2.45, 2.75) is 50.8 Å². The molecule has 0 fully saturated rings. The van der Waals surface area contributed by atoms with Crippen molar-refractivity contribution >= 4 is 0 Å². The van der Waals surface area contributed by atoms with E-state index >= 15 is 0 Å². The Labute approximate surface area is 126 Å². The van der Waals surface area contributed by atoms with Gasteiger partial charge in [0.25, 0.3) is 12.3 Å². The Bertz CT molecular complexity index is 546. The molecule has 0 unspecified atom stereocenters. The van der Waals surface area contributed by atoms with Crippen LogP contribution in [-0.2, 0) is 30.2 Å². The summed E-state index contributed by atoms with van der Waals surface area (Å²) >= 11 is 0. The van der Waals surface area contributed by atoms with Crippen LogP contribution in [0.25, 0.3) is 0 Å². The molecule has 0 saturated carbocycles. The number of alkyl halides is 4. The maximum Gasteiger partial charge on any atom is 0.289 e. The fourth-order valence-corrected chi connectivity index (χ4v) is 3.19. The molecule has 1 aromatic heterocycles. The summed E-state index contributed by atoms with van der Waals surface area (Å²) in [5, 5.41) is 4.30. The molecule has 2 aliphatic heterocycles. The maximum atomic E-state index is 14.5. The lowest BCUT2D eigenvalue weighted by Gasteiger charge is -2.24. The quantitative estimate of drug-likeness (QED) is 0.801. The van der Waals surface area contributed by atoms with Crippen LogP contribution in [0.2, 0.25) is 0 Å². The van der Waals surface area contributed by atoms with Gasteiger partial charge in [0.2, 0.25) is 0 Å². The summed E-state index contributed by atoms with van der Waals surface area (Å²) in [6.45, 7) is 0.604. The third-order valence-corrected chi connectivity index (χ3v) is 4.25. The zero-order chi connectivity index (χ0) is 15.9. The number of halogens is 4. The third kappa shape index (κ3) is 2.99. The lowest BCUT2D eigenvalue weighted by atomic mass is 10.00. The minimum atomic E-state index is -3.00. The van der Waals surface area contributed by atoms with E-state index in [2.05, 4.69) is 5.10 Å². The van der Waals surface area contributed by atoms with Crippen LogP contribution in [0.1, 0.15) is 29.8 Å². The number of hydrogen-bond acceptors (Lipinski definition) is 3. The Morgan fingerprint density at radius 3 is 2.91 bits per heavy atom. The van der Waals surface area contributed by atoms with Gasteiger partial charge < -0.3 is 9.64 Å². The first-order valence-corrected chi connectivity index (χ1v) is 7.42. The van der Waals surface area contributed by atoms with Crippen LogP contribution in [0.4, 0.5) is 17.6 Å². The molecule has 0 amide bonds. The van der Waals surface area contributed by atoms with Crippen molar-refractivity contribution in [3.63, 3.8) is 0 Å². The molecule has 22 heavy (non-hydrogen) atoms. The minimum absolute atomic E-state index is 0.0493. The topological polar surface area (TPSA) is 30.3 Å². The molecule has 0 aliphatic carbocycles. The Morgan fingerprint density at radius 2 is 2.18 bits per heavy atom. The summed E-state index contributed by atoms with van der Waals surface area (Å²) in [6, 6.07) is 0. The third-order valence-electron chi connectivity index (χ3n) is 4.25. The molecular formula is C14H19F4N3O. The average molecular weight is 321 g/mol. The highest BCUT2D eigenvalue weighted by Crippen LogP contribution is 2.40. The standard InChI is InChI=1S/C14H19F4N3O/c1-20-5-3-11-10(7-20)13-14(17,18)4-2-9(6-21(13)19-11)22-8-12(15)16/h9,12H,2-8H2,1H3/t9-/m0/s1. The van der Waals surface area contributed by atoms with Gasteiger partial charge in [-0.15, -0.1) is 0 Å². The summed E-state index contributed by atoms with van der Waals surface area (Å²) in [6.07, 6.45) is -2.97. The van der Waals surface area contributed by atoms with Gasteiger partial charge in [0.05, 0.1) is 18.3 Å². The molecule has 0 N–H and O–H groups in total. The molecular weight excluding hydrogens is 302 g/mol. The number of nitrogens with zero attached hydrogens (tertiary/aromatic N) is 3. The molecule has 0 bridgehead atoms. The highest BCUT2D eigenvalue weighted by molar-refractivity contribution is 5.32. The van der Waals surface area contributed by atoms with Gasteiger partial charge in [0, 0.05) is 31.5 Å². The van der Waals surface area contributed by atoms with Gasteiger partial charge in [0.1, 0.15) is 12.3 Å². The average Bonchev–Trinajstić information content (AvgIpc) is 2.73. The van der Waals surface area contributed by atoms with Gasteiger partial charge in [0.15, 0.2) is 0 Å². The number of rotatable bonds is 3. The van der Waals surface area contributed by atoms with E-state index in [1.807, 2.05) is 11.9 Å². The van der Waals surface area contributed by atoms with Crippen molar-refractivity contribution in [3.05, 3.63) is 17.0 Å². The molecule has 0 radical (unpaired) electrons. The monoisotopic (exact) mass is 321 g/mol. The predicted molar refractivity (Wildman–Crippen MR) is 71.1 cm³/mol. The molecule has 3 rings (SSSR count). The normalized spacial score (nSPS) is 24.9. The number of fused-ring (bicyclic) bond motifs is 3. The van der Waals surface area contributed by atoms with E-state index in [0.717, 1.165) is 6.54 Å². The molecule has 0 aromatic carbocycles. The predicted octanol–water partition coefficient (Wildman–Crippen LogP) is 2.41. The Morgan fingerprint density at radius 1 is 1.41 bits per heavy atom. The van der Waals surface area contributed by atoms with E-state index < -0.39 is 31.5 Å². The summed E-state index contributed by atoms with van der Waals surface area (Å²) < 4.78 is 59.9. The van der Waals surface area contributed by atoms with E-state index in [-0.39, 0.29) is 18.7 Å². The fourth-order valence-electron chi connectivity index (χ4n) is 3.19. The smallest absolute Gasteiger partial charge is 0.289 e. The molecule has 3 heterocycles. The van der Waals surface area contributed by atoms with Gasteiger partial charge in [-0.05, 0) is 13.5 Å². The first kappa shape index (κ1) is 15.7. The van der Waals surface area contributed by atoms with Gasteiger partial charge in [-0.2, -0.15) is 13.9 Å². The van der Waals surface area contributed by atoms with E-state index in [0.29, 0.717) is 24.2 Å². The molecule has 8 heteroatoms. The van der Waals surface area contributed by atoms with Crippen molar-refractivity contribution in [2.75, 3.05) is 20.2 Å². The van der Waals surface area contributed by atoms with E-state index in [4.69, 9.17) is 4.74 Å². The van der Waals surface area contributed by atoms with E-state index in [9.17, 15) is 17.6 Å². The molecule has 1 aromatic rings. The second-order valence-electron chi connectivity index (χ2n) is 6.03. The van der Waals surface area contributed by atoms with Crippen LogP contribution >= 0.6 is 0 Å². The fraction of sp³-hybridized carbons (Fsp3) is 0.786. The van der Waals surface area contributed by atoms with Gasteiger partial charge >= 0.3 is 0 Å². The van der Waals surface area contributed by atoms with E-state index in [1.165, 1.54) is 4.68 Å². The first-order valence-electron chi connectivity index (χ1n) is 7.42.